The predicted molar refractivity (Wildman–Crippen MR) is 155 cm³/mol. The summed E-state index contributed by atoms with van der Waals surface area (Å²) in [6, 6.07) is -2.81. The zero-order valence-corrected chi connectivity index (χ0v) is 26.4. The quantitative estimate of drug-likeness (QED) is 0.0651. The zero-order valence-electron chi connectivity index (χ0n) is 26.4. The first-order chi connectivity index (χ1) is 19.6. The lowest BCUT2D eigenvalue weighted by Crippen LogP contribution is -2.58. The lowest BCUT2D eigenvalue weighted by molar-refractivity contribution is -0.270. The average molecular weight is 615 g/mol. The van der Waals surface area contributed by atoms with Crippen LogP contribution in [0.2, 0.25) is 0 Å². The summed E-state index contributed by atoms with van der Waals surface area (Å²) < 4.78 is 70.2. The van der Waals surface area contributed by atoms with Crippen LogP contribution in [0.15, 0.2) is 0 Å². The maximum atomic E-state index is 13.5. The monoisotopic (exact) mass is 614 g/mol. The third kappa shape index (κ3) is 17.9. The van der Waals surface area contributed by atoms with Gasteiger partial charge < -0.3 is 15.4 Å². The highest BCUT2D eigenvalue weighted by Crippen LogP contribution is 2.35. The molecule has 2 amide bonds. The van der Waals surface area contributed by atoms with Gasteiger partial charge in [0.15, 0.2) is 0 Å². The van der Waals surface area contributed by atoms with Gasteiger partial charge in [-0.3, -0.25) is 9.59 Å². The van der Waals surface area contributed by atoms with E-state index >= 15 is 0 Å². The molecule has 6 nitrogen and oxygen atoms in total. The summed E-state index contributed by atoms with van der Waals surface area (Å²) in [5.74, 6) is -10.4. The number of carbonyl (C=O) groups excluding carboxylic acids is 3. The van der Waals surface area contributed by atoms with Gasteiger partial charge in [-0.25, -0.2) is 4.79 Å². The first-order valence-corrected chi connectivity index (χ1v) is 15.9. The van der Waals surface area contributed by atoms with Crippen molar-refractivity contribution in [1.82, 2.24) is 10.6 Å². The van der Waals surface area contributed by atoms with Gasteiger partial charge in [-0.15, -0.1) is 0 Å². The highest BCUT2D eigenvalue weighted by Gasteiger charge is 2.63. The number of halogens is 5. The van der Waals surface area contributed by atoms with E-state index in [2.05, 4.69) is 12.2 Å². The Kier molecular flexibility index (Phi) is 20.7. The van der Waals surface area contributed by atoms with Crippen LogP contribution in [0.25, 0.3) is 0 Å². The van der Waals surface area contributed by atoms with Gasteiger partial charge in [0.05, 0.1) is 6.61 Å². The number of carbonyl (C=O) groups is 3. The van der Waals surface area contributed by atoms with Gasteiger partial charge in [0.1, 0.15) is 12.1 Å². The Bertz CT molecular complexity index is 760. The molecular formula is C31H55F5N2O4. The third-order valence-corrected chi connectivity index (χ3v) is 7.02. The molecule has 0 heterocycles. The summed E-state index contributed by atoms with van der Waals surface area (Å²) in [7, 11) is 0. The van der Waals surface area contributed by atoms with Crippen molar-refractivity contribution >= 4 is 17.8 Å². The molecule has 0 aliphatic rings. The van der Waals surface area contributed by atoms with Crippen molar-refractivity contribution in [3.05, 3.63) is 0 Å². The Morgan fingerprint density at radius 1 is 0.619 bits per heavy atom. The van der Waals surface area contributed by atoms with Crippen LogP contribution in [0.3, 0.4) is 0 Å². The Hall–Kier alpha value is -1.94. The second-order valence-electron chi connectivity index (χ2n) is 12.2. The van der Waals surface area contributed by atoms with Gasteiger partial charge in [0, 0.05) is 0 Å². The molecule has 0 rings (SSSR count). The minimum atomic E-state index is -6.10. The molecule has 0 saturated carbocycles. The molecule has 2 N–H and O–H groups in total. The molecule has 0 radical (unpaired) electrons. The van der Waals surface area contributed by atoms with Crippen molar-refractivity contribution in [3.63, 3.8) is 0 Å². The molecule has 2 unspecified atom stereocenters. The Morgan fingerprint density at radius 3 is 1.43 bits per heavy atom. The number of rotatable bonds is 24. The fourth-order valence-corrected chi connectivity index (χ4v) is 4.61. The molecule has 11 heteroatoms. The van der Waals surface area contributed by atoms with Crippen molar-refractivity contribution in [3.8, 4) is 0 Å². The van der Waals surface area contributed by atoms with Gasteiger partial charge in [-0.2, -0.15) is 22.0 Å². The van der Waals surface area contributed by atoms with E-state index in [9.17, 15) is 36.3 Å². The normalized spacial score (nSPS) is 13.7. The molecule has 0 aromatic heterocycles. The summed E-state index contributed by atoms with van der Waals surface area (Å²) in [6.45, 7) is 9.22. The van der Waals surface area contributed by atoms with Crippen LogP contribution in [0.4, 0.5) is 22.0 Å². The number of alkyl halides is 5. The van der Waals surface area contributed by atoms with Crippen molar-refractivity contribution in [2.75, 3.05) is 6.61 Å². The number of ether oxygens (including phenoxy) is 1. The first kappa shape index (κ1) is 40.1. The second kappa shape index (κ2) is 21.7. The average Bonchev–Trinajstić information content (AvgIpc) is 2.88. The van der Waals surface area contributed by atoms with Gasteiger partial charge >= 0.3 is 24.0 Å². The molecule has 0 bridgehead atoms. The molecule has 42 heavy (non-hydrogen) atoms. The topological polar surface area (TPSA) is 84.5 Å². The van der Waals surface area contributed by atoms with E-state index in [1.165, 1.54) is 69.5 Å². The maximum absolute atomic E-state index is 13.5. The van der Waals surface area contributed by atoms with Crippen LogP contribution in [0.5, 0.6) is 0 Å². The lowest BCUT2D eigenvalue weighted by Gasteiger charge is -2.26. The Labute approximate surface area is 249 Å². The van der Waals surface area contributed by atoms with Crippen LogP contribution < -0.4 is 10.6 Å². The zero-order chi connectivity index (χ0) is 32.2. The van der Waals surface area contributed by atoms with Crippen molar-refractivity contribution < 1.29 is 41.1 Å². The van der Waals surface area contributed by atoms with Crippen LogP contribution in [0.1, 0.15) is 137 Å². The summed E-state index contributed by atoms with van der Waals surface area (Å²) in [4.78, 5) is 37.3. The lowest BCUT2D eigenvalue weighted by atomic mass is 10.00. The number of hydrogen-bond acceptors (Lipinski definition) is 4. The predicted octanol–water partition coefficient (Wildman–Crippen LogP) is 8.27. The molecule has 2 atom stereocenters. The number of hydrogen-bond donors (Lipinski definition) is 2. The number of esters is 1. The minimum Gasteiger partial charge on any atom is -0.464 e. The fourth-order valence-electron chi connectivity index (χ4n) is 4.61. The van der Waals surface area contributed by atoms with Crippen LogP contribution >= 0.6 is 0 Å². The van der Waals surface area contributed by atoms with Crippen molar-refractivity contribution in [2.24, 2.45) is 11.8 Å². The van der Waals surface area contributed by atoms with E-state index in [0.29, 0.717) is 6.42 Å². The molecule has 0 aliphatic carbocycles. The van der Waals surface area contributed by atoms with Gasteiger partial charge in [0.25, 0.3) is 0 Å². The van der Waals surface area contributed by atoms with Crippen LogP contribution in [-0.4, -0.2) is 48.6 Å². The maximum Gasteiger partial charge on any atom is 0.463 e. The number of nitrogens with one attached hydrogen (secondary N) is 2. The molecule has 0 saturated heterocycles. The molecule has 0 spiro atoms. The summed E-state index contributed by atoms with van der Waals surface area (Å²) in [6.07, 6.45) is 10.5. The van der Waals surface area contributed by atoms with E-state index in [-0.39, 0.29) is 31.3 Å². The number of amides is 2. The SMILES string of the molecule is CCCCCCCCCCCCCCCCOC(=O)C(CC(C)C)NC(=O)C(CC(C)C)NC(=O)C(F)(F)C(F)(F)F. The highest BCUT2D eigenvalue weighted by molar-refractivity contribution is 5.92. The molecule has 248 valence electrons. The van der Waals surface area contributed by atoms with Crippen molar-refractivity contribution in [1.29, 1.82) is 0 Å². The van der Waals surface area contributed by atoms with E-state index < -0.39 is 42.0 Å². The highest BCUT2D eigenvalue weighted by atomic mass is 19.4. The molecule has 0 aromatic rings. The van der Waals surface area contributed by atoms with Gasteiger partial charge in [-0.1, -0.05) is 118 Å². The Balaban J connectivity index is 4.59. The Morgan fingerprint density at radius 2 is 1.02 bits per heavy atom. The van der Waals surface area contributed by atoms with E-state index in [1.54, 1.807) is 27.7 Å². The third-order valence-electron chi connectivity index (χ3n) is 7.02. The standard InChI is InChI=1S/C31H55F5N2O4/c1-6-7-8-9-10-11-12-13-14-15-16-17-18-19-20-42-28(40)26(22-24(4)5)37-27(39)25(21-23(2)3)38-29(41)30(32,33)31(34,35)36/h23-26H,6-22H2,1-5H3,(H,37,39)(H,38,41). The fraction of sp³-hybridized carbons (Fsp3) is 0.903. The smallest absolute Gasteiger partial charge is 0.463 e. The van der Waals surface area contributed by atoms with E-state index in [0.717, 1.165) is 19.3 Å². The minimum absolute atomic E-state index is 0.0587. The summed E-state index contributed by atoms with van der Waals surface area (Å²) >= 11 is 0. The largest absolute Gasteiger partial charge is 0.464 e. The molecule has 0 aliphatic heterocycles. The first-order valence-electron chi connectivity index (χ1n) is 15.9. The van der Waals surface area contributed by atoms with Crippen molar-refractivity contribution in [2.45, 2.75) is 162 Å². The van der Waals surface area contributed by atoms with Crippen LogP contribution in [-0.2, 0) is 19.1 Å². The molecule has 0 fully saturated rings. The van der Waals surface area contributed by atoms with Gasteiger partial charge in [0.2, 0.25) is 5.91 Å². The summed E-state index contributed by atoms with van der Waals surface area (Å²) in [5, 5.41) is 3.92. The van der Waals surface area contributed by atoms with Crippen LogP contribution in [0, 0.1) is 11.8 Å². The number of unbranched alkanes of at least 4 members (excludes halogenated alkanes) is 13. The van der Waals surface area contributed by atoms with E-state index in [1.807, 2.05) is 0 Å². The van der Waals surface area contributed by atoms with E-state index in [4.69, 9.17) is 4.74 Å². The summed E-state index contributed by atoms with van der Waals surface area (Å²) in [5.41, 5.74) is 0. The molecule has 0 aromatic carbocycles. The second-order valence-corrected chi connectivity index (χ2v) is 12.2. The molecular weight excluding hydrogens is 559 g/mol. The van der Waals surface area contributed by atoms with Gasteiger partial charge in [-0.05, 0) is 31.1 Å².